The van der Waals surface area contributed by atoms with Crippen LogP contribution in [0.3, 0.4) is 0 Å². The van der Waals surface area contributed by atoms with Crippen molar-refractivity contribution >= 4 is 38.5 Å². The Morgan fingerprint density at radius 1 is 1.35 bits per heavy atom. The van der Waals surface area contributed by atoms with E-state index in [2.05, 4.69) is 48.7 Å². The van der Waals surface area contributed by atoms with E-state index >= 15 is 0 Å². The van der Waals surface area contributed by atoms with Gasteiger partial charge in [0.25, 0.3) is 0 Å². The minimum absolute atomic E-state index is 0.544. The maximum absolute atomic E-state index is 5.60. The molecule has 0 aliphatic heterocycles. The second kappa shape index (κ2) is 5.92. The fourth-order valence-corrected chi connectivity index (χ4v) is 2.29. The summed E-state index contributed by atoms with van der Waals surface area (Å²) >= 11 is 5.73. The maximum Gasteiger partial charge on any atom is 0.248 e. The second-order valence-electron chi connectivity index (χ2n) is 3.52. The van der Waals surface area contributed by atoms with Gasteiger partial charge < -0.3 is 10.2 Å². The molecule has 2 rings (SSSR count). The van der Waals surface area contributed by atoms with Crippen LogP contribution in [0.2, 0.25) is 0 Å². The Morgan fingerprint density at radius 3 is 2.94 bits per heavy atom. The zero-order valence-corrected chi connectivity index (χ0v) is 12.7. The highest BCUT2D eigenvalue weighted by Gasteiger charge is 2.11. The Bertz CT molecular complexity index is 515. The highest BCUT2D eigenvalue weighted by Crippen LogP contribution is 2.28. The summed E-state index contributed by atoms with van der Waals surface area (Å²) in [4.78, 5) is 0. The van der Waals surface area contributed by atoms with Gasteiger partial charge in [0.2, 0.25) is 11.8 Å². The third-order valence-corrected chi connectivity index (χ3v) is 3.58. The summed E-state index contributed by atoms with van der Waals surface area (Å²) in [6.07, 6.45) is 1.58. The molecule has 2 N–H and O–H groups in total. The lowest BCUT2D eigenvalue weighted by Crippen LogP contribution is -2.00. The maximum atomic E-state index is 5.60. The first kappa shape index (κ1) is 13.0. The van der Waals surface area contributed by atoms with E-state index in [0.29, 0.717) is 18.3 Å². The van der Waals surface area contributed by atoms with Gasteiger partial charge in [0.1, 0.15) is 0 Å². The van der Waals surface area contributed by atoms with Crippen molar-refractivity contribution in [2.24, 2.45) is 5.73 Å². The molecule has 0 aliphatic rings. The van der Waals surface area contributed by atoms with Gasteiger partial charge in [-0.3, -0.25) is 0 Å². The standard InChI is InChI=1S/C11H11BrIN3O/c12-9-4-3-7(13)6-8(9)11-16-15-10(17-11)2-1-5-14/h3-4,6H,1-2,5,14H2. The molecule has 0 aliphatic carbocycles. The summed E-state index contributed by atoms with van der Waals surface area (Å²) in [6.45, 7) is 0.630. The molecule has 0 saturated carbocycles. The largest absolute Gasteiger partial charge is 0.421 e. The van der Waals surface area contributed by atoms with Crippen LogP contribution < -0.4 is 5.73 Å². The van der Waals surface area contributed by atoms with Crippen molar-refractivity contribution in [3.63, 3.8) is 0 Å². The van der Waals surface area contributed by atoms with Crippen LogP contribution in [0.15, 0.2) is 27.1 Å². The van der Waals surface area contributed by atoms with Crippen LogP contribution in [0, 0.1) is 3.57 Å². The predicted octanol–water partition coefficient (Wildman–Crippen LogP) is 3.00. The average Bonchev–Trinajstić information content (AvgIpc) is 2.78. The minimum atomic E-state index is 0.544. The summed E-state index contributed by atoms with van der Waals surface area (Å²) in [7, 11) is 0. The minimum Gasteiger partial charge on any atom is -0.421 e. The molecule has 4 nitrogen and oxygen atoms in total. The molecular weight excluding hydrogens is 397 g/mol. The first-order valence-electron chi connectivity index (χ1n) is 5.18. The summed E-state index contributed by atoms with van der Waals surface area (Å²) in [5.74, 6) is 1.18. The van der Waals surface area contributed by atoms with Gasteiger partial charge in [0, 0.05) is 14.5 Å². The number of aryl methyl sites for hydroxylation is 1. The molecule has 17 heavy (non-hydrogen) atoms. The van der Waals surface area contributed by atoms with Gasteiger partial charge in [-0.25, -0.2) is 0 Å². The van der Waals surface area contributed by atoms with Gasteiger partial charge >= 0.3 is 0 Å². The van der Waals surface area contributed by atoms with Crippen LogP contribution in [0.25, 0.3) is 11.5 Å². The van der Waals surface area contributed by atoms with Crippen LogP contribution in [-0.2, 0) is 6.42 Å². The van der Waals surface area contributed by atoms with Crippen molar-refractivity contribution in [3.05, 3.63) is 32.1 Å². The monoisotopic (exact) mass is 407 g/mol. The molecule has 2 aromatic rings. The van der Waals surface area contributed by atoms with Crippen molar-refractivity contribution in [1.82, 2.24) is 10.2 Å². The van der Waals surface area contributed by atoms with Crippen molar-refractivity contribution in [3.8, 4) is 11.5 Å². The molecule has 0 amide bonds. The zero-order valence-electron chi connectivity index (χ0n) is 8.99. The van der Waals surface area contributed by atoms with E-state index in [1.807, 2.05) is 18.2 Å². The highest BCUT2D eigenvalue weighted by atomic mass is 127. The van der Waals surface area contributed by atoms with Gasteiger partial charge in [-0.2, -0.15) is 0 Å². The van der Waals surface area contributed by atoms with E-state index in [1.165, 1.54) is 0 Å². The lowest BCUT2D eigenvalue weighted by atomic mass is 10.2. The first-order valence-corrected chi connectivity index (χ1v) is 7.06. The SMILES string of the molecule is NCCCc1nnc(-c2cc(I)ccc2Br)o1. The van der Waals surface area contributed by atoms with E-state index in [-0.39, 0.29) is 0 Å². The quantitative estimate of drug-likeness (QED) is 0.791. The normalized spacial score (nSPS) is 10.8. The van der Waals surface area contributed by atoms with Crippen LogP contribution in [0.1, 0.15) is 12.3 Å². The van der Waals surface area contributed by atoms with Crippen LogP contribution in [0.4, 0.5) is 0 Å². The second-order valence-corrected chi connectivity index (χ2v) is 5.62. The Hall–Kier alpha value is -0.470. The molecule has 90 valence electrons. The lowest BCUT2D eigenvalue weighted by molar-refractivity contribution is 0.498. The number of aromatic nitrogens is 2. The number of rotatable bonds is 4. The highest BCUT2D eigenvalue weighted by molar-refractivity contribution is 14.1. The van der Waals surface area contributed by atoms with Gasteiger partial charge in [-0.1, -0.05) is 0 Å². The molecular formula is C11H11BrIN3O. The van der Waals surface area contributed by atoms with Gasteiger partial charge in [-0.05, 0) is 69.7 Å². The van der Waals surface area contributed by atoms with Crippen LogP contribution in [-0.4, -0.2) is 16.7 Å². The van der Waals surface area contributed by atoms with E-state index in [9.17, 15) is 0 Å². The Labute approximate surface area is 121 Å². The van der Waals surface area contributed by atoms with Crippen LogP contribution in [0.5, 0.6) is 0 Å². The van der Waals surface area contributed by atoms with Crippen LogP contribution >= 0.6 is 38.5 Å². The molecule has 0 unspecified atom stereocenters. The van der Waals surface area contributed by atoms with Crippen molar-refractivity contribution < 1.29 is 4.42 Å². The summed E-state index contributed by atoms with van der Waals surface area (Å²) < 4.78 is 7.67. The third kappa shape index (κ3) is 3.26. The summed E-state index contributed by atoms with van der Waals surface area (Å²) in [6, 6.07) is 5.99. The molecule has 1 aromatic heterocycles. The van der Waals surface area contributed by atoms with Crippen molar-refractivity contribution in [2.45, 2.75) is 12.8 Å². The Morgan fingerprint density at radius 2 is 2.18 bits per heavy atom. The number of nitrogens with zero attached hydrogens (tertiary/aromatic N) is 2. The number of hydrogen-bond donors (Lipinski definition) is 1. The van der Waals surface area contributed by atoms with Gasteiger partial charge in [0.05, 0.1) is 5.56 Å². The molecule has 0 saturated heterocycles. The lowest BCUT2D eigenvalue weighted by Gasteiger charge is -1.99. The number of nitrogens with two attached hydrogens (primary N) is 1. The van der Waals surface area contributed by atoms with Crippen molar-refractivity contribution in [1.29, 1.82) is 0 Å². The third-order valence-electron chi connectivity index (χ3n) is 2.22. The van der Waals surface area contributed by atoms with Gasteiger partial charge in [0.15, 0.2) is 0 Å². The van der Waals surface area contributed by atoms with E-state index in [4.69, 9.17) is 10.2 Å². The van der Waals surface area contributed by atoms with E-state index in [1.54, 1.807) is 0 Å². The smallest absolute Gasteiger partial charge is 0.248 e. The molecule has 6 heteroatoms. The molecule has 1 aromatic carbocycles. The topological polar surface area (TPSA) is 64.9 Å². The molecule has 0 atom stereocenters. The van der Waals surface area contributed by atoms with Crippen molar-refractivity contribution in [2.75, 3.05) is 6.54 Å². The number of hydrogen-bond acceptors (Lipinski definition) is 4. The number of halogens is 2. The molecule has 1 heterocycles. The Balaban J connectivity index is 2.27. The van der Waals surface area contributed by atoms with E-state index < -0.39 is 0 Å². The number of benzene rings is 1. The Kier molecular flexibility index (Phi) is 4.52. The molecule has 0 bridgehead atoms. The fraction of sp³-hybridized carbons (Fsp3) is 0.273. The first-order chi connectivity index (χ1) is 8.20. The predicted molar refractivity (Wildman–Crippen MR) is 77.5 cm³/mol. The summed E-state index contributed by atoms with van der Waals surface area (Å²) in [5, 5.41) is 8.06. The van der Waals surface area contributed by atoms with Gasteiger partial charge in [-0.15, -0.1) is 10.2 Å². The average molecular weight is 408 g/mol. The molecule has 0 spiro atoms. The summed E-state index contributed by atoms with van der Waals surface area (Å²) in [5.41, 5.74) is 6.36. The zero-order chi connectivity index (χ0) is 12.3. The molecule has 0 radical (unpaired) electrons. The van der Waals surface area contributed by atoms with E-state index in [0.717, 1.165) is 26.4 Å². The fourth-order valence-electron chi connectivity index (χ4n) is 1.38. The molecule has 0 fully saturated rings.